The molecule has 0 saturated heterocycles. The molecule has 0 aliphatic carbocycles. The van der Waals surface area contributed by atoms with Crippen LogP contribution in [-0.4, -0.2) is 18.6 Å². The van der Waals surface area contributed by atoms with Gasteiger partial charge in [-0.05, 0) is 30.5 Å². The number of halogens is 1. The van der Waals surface area contributed by atoms with Crippen LogP contribution in [0.3, 0.4) is 0 Å². The van der Waals surface area contributed by atoms with Crippen molar-refractivity contribution in [1.29, 1.82) is 0 Å². The van der Waals surface area contributed by atoms with E-state index in [1.165, 1.54) is 0 Å². The Labute approximate surface area is 120 Å². The van der Waals surface area contributed by atoms with E-state index in [2.05, 4.69) is 19.2 Å². The highest BCUT2D eigenvalue weighted by Gasteiger charge is 2.17. The molecule has 4 heteroatoms. The Kier molecular flexibility index (Phi) is 6.89. The summed E-state index contributed by atoms with van der Waals surface area (Å²) in [6.07, 6.45) is 0.402. The third kappa shape index (κ3) is 6.08. The van der Waals surface area contributed by atoms with Crippen molar-refractivity contribution < 1.29 is 9.53 Å². The number of nitrogens with one attached hydrogen (secondary N) is 1. The number of carbonyl (C=O) groups excluding carboxylic acids is 1. The van der Waals surface area contributed by atoms with E-state index in [4.69, 9.17) is 16.3 Å². The van der Waals surface area contributed by atoms with Gasteiger partial charge in [-0.3, -0.25) is 4.79 Å². The lowest BCUT2D eigenvalue weighted by Gasteiger charge is -2.21. The molecule has 1 aromatic rings. The van der Waals surface area contributed by atoms with E-state index in [-0.39, 0.29) is 12.0 Å². The van der Waals surface area contributed by atoms with Gasteiger partial charge in [0.15, 0.2) is 0 Å². The normalized spacial score (nSPS) is 12.5. The van der Waals surface area contributed by atoms with Crippen LogP contribution in [0.25, 0.3) is 0 Å². The van der Waals surface area contributed by atoms with Gasteiger partial charge in [0.1, 0.15) is 0 Å². The predicted molar refractivity (Wildman–Crippen MR) is 78.2 cm³/mol. The zero-order valence-corrected chi connectivity index (χ0v) is 12.5. The Bertz CT molecular complexity index is 390. The van der Waals surface area contributed by atoms with Gasteiger partial charge in [-0.1, -0.05) is 37.6 Å². The quantitative estimate of drug-likeness (QED) is 0.780. The van der Waals surface area contributed by atoms with Crippen LogP contribution < -0.4 is 5.32 Å². The Hall–Kier alpha value is -1.06. The first-order valence-electron chi connectivity index (χ1n) is 6.66. The van der Waals surface area contributed by atoms with Crippen LogP contribution in [0.2, 0.25) is 5.02 Å². The summed E-state index contributed by atoms with van der Waals surface area (Å²) in [7, 11) is 0. The highest BCUT2D eigenvalue weighted by Crippen LogP contribution is 2.12. The van der Waals surface area contributed by atoms with Gasteiger partial charge in [-0.2, -0.15) is 0 Å². The Balaban J connectivity index is 2.49. The molecule has 0 aromatic heterocycles. The minimum atomic E-state index is -0.148. The van der Waals surface area contributed by atoms with Gasteiger partial charge < -0.3 is 10.1 Å². The van der Waals surface area contributed by atoms with E-state index in [1.807, 2.05) is 31.2 Å². The average molecular weight is 284 g/mol. The van der Waals surface area contributed by atoms with Crippen molar-refractivity contribution >= 4 is 17.6 Å². The van der Waals surface area contributed by atoms with Crippen molar-refractivity contribution in [2.45, 2.75) is 39.8 Å². The van der Waals surface area contributed by atoms with Crippen LogP contribution in [0.5, 0.6) is 0 Å². The number of hydrogen-bond acceptors (Lipinski definition) is 3. The molecule has 0 aliphatic rings. The van der Waals surface area contributed by atoms with Gasteiger partial charge in [-0.25, -0.2) is 0 Å². The molecule has 19 heavy (non-hydrogen) atoms. The number of esters is 1. The number of rotatable bonds is 7. The van der Waals surface area contributed by atoms with Gasteiger partial charge in [0.05, 0.1) is 13.0 Å². The topological polar surface area (TPSA) is 38.3 Å². The van der Waals surface area contributed by atoms with Crippen LogP contribution in [0, 0.1) is 5.92 Å². The second-order valence-corrected chi connectivity index (χ2v) is 5.30. The van der Waals surface area contributed by atoms with Crippen molar-refractivity contribution in [2.24, 2.45) is 5.92 Å². The molecule has 0 saturated carbocycles. The molecule has 0 heterocycles. The Morgan fingerprint density at radius 1 is 1.32 bits per heavy atom. The molecule has 0 radical (unpaired) electrons. The van der Waals surface area contributed by atoms with E-state index in [1.54, 1.807) is 0 Å². The highest BCUT2D eigenvalue weighted by molar-refractivity contribution is 6.30. The maximum Gasteiger partial charge on any atom is 0.307 e. The molecule has 106 valence electrons. The summed E-state index contributed by atoms with van der Waals surface area (Å²) >= 11 is 5.85. The minimum Gasteiger partial charge on any atom is -0.466 e. The molecule has 0 amide bonds. The maximum absolute atomic E-state index is 11.5. The molecule has 1 rings (SSSR count). The minimum absolute atomic E-state index is 0.120. The third-order valence-electron chi connectivity index (χ3n) is 2.98. The molecule has 3 nitrogen and oxygen atoms in total. The second-order valence-electron chi connectivity index (χ2n) is 4.87. The monoisotopic (exact) mass is 283 g/mol. The van der Waals surface area contributed by atoms with Crippen LogP contribution in [-0.2, 0) is 16.1 Å². The van der Waals surface area contributed by atoms with Crippen molar-refractivity contribution in [3.05, 3.63) is 34.9 Å². The largest absolute Gasteiger partial charge is 0.466 e. The highest BCUT2D eigenvalue weighted by atomic mass is 35.5. The van der Waals surface area contributed by atoms with E-state index < -0.39 is 0 Å². The lowest BCUT2D eigenvalue weighted by atomic mass is 10.0. The van der Waals surface area contributed by atoms with Crippen molar-refractivity contribution in [3.8, 4) is 0 Å². The standard InChI is InChI=1S/C15H22ClNO2/c1-4-19-15(18)9-14(11(2)3)17-10-12-5-7-13(16)8-6-12/h5-8,11,14,17H,4,9-10H2,1-3H3. The van der Waals surface area contributed by atoms with Crippen molar-refractivity contribution in [2.75, 3.05) is 6.61 Å². The Morgan fingerprint density at radius 2 is 1.95 bits per heavy atom. The Morgan fingerprint density at radius 3 is 2.47 bits per heavy atom. The van der Waals surface area contributed by atoms with E-state index in [9.17, 15) is 4.79 Å². The molecule has 1 unspecified atom stereocenters. The van der Waals surface area contributed by atoms with Crippen LogP contribution in [0.1, 0.15) is 32.8 Å². The van der Waals surface area contributed by atoms with E-state index in [0.29, 0.717) is 18.9 Å². The first kappa shape index (κ1) is 16.0. The zero-order valence-electron chi connectivity index (χ0n) is 11.8. The number of hydrogen-bond donors (Lipinski definition) is 1. The molecule has 1 N–H and O–H groups in total. The zero-order chi connectivity index (χ0) is 14.3. The summed E-state index contributed by atoms with van der Waals surface area (Å²) in [5.41, 5.74) is 1.15. The molecule has 0 aliphatic heterocycles. The summed E-state index contributed by atoms with van der Waals surface area (Å²) in [5, 5.41) is 4.13. The van der Waals surface area contributed by atoms with Gasteiger partial charge in [-0.15, -0.1) is 0 Å². The third-order valence-corrected chi connectivity index (χ3v) is 3.23. The molecule has 1 atom stereocenters. The molecular formula is C15H22ClNO2. The van der Waals surface area contributed by atoms with E-state index in [0.717, 1.165) is 17.1 Å². The SMILES string of the molecule is CCOC(=O)CC(NCc1ccc(Cl)cc1)C(C)C. The summed E-state index contributed by atoms with van der Waals surface area (Å²) in [5.74, 6) is 0.224. The molecular weight excluding hydrogens is 262 g/mol. The number of benzene rings is 1. The van der Waals surface area contributed by atoms with Crippen LogP contribution in [0.15, 0.2) is 24.3 Å². The first-order valence-corrected chi connectivity index (χ1v) is 7.04. The summed E-state index contributed by atoms with van der Waals surface area (Å²) in [6.45, 7) is 7.17. The van der Waals surface area contributed by atoms with Crippen LogP contribution >= 0.6 is 11.6 Å². The number of carbonyl (C=O) groups is 1. The fraction of sp³-hybridized carbons (Fsp3) is 0.533. The lowest BCUT2D eigenvalue weighted by molar-refractivity contribution is -0.144. The van der Waals surface area contributed by atoms with Crippen LogP contribution in [0.4, 0.5) is 0 Å². The lowest BCUT2D eigenvalue weighted by Crippen LogP contribution is -2.35. The van der Waals surface area contributed by atoms with Gasteiger partial charge in [0.25, 0.3) is 0 Å². The van der Waals surface area contributed by atoms with Crippen molar-refractivity contribution in [1.82, 2.24) is 5.32 Å². The fourth-order valence-corrected chi connectivity index (χ4v) is 1.92. The average Bonchev–Trinajstić information content (AvgIpc) is 2.36. The van der Waals surface area contributed by atoms with Gasteiger partial charge in [0, 0.05) is 17.6 Å². The van der Waals surface area contributed by atoms with Gasteiger partial charge in [0.2, 0.25) is 0 Å². The molecule has 1 aromatic carbocycles. The van der Waals surface area contributed by atoms with E-state index >= 15 is 0 Å². The second kappa shape index (κ2) is 8.18. The smallest absolute Gasteiger partial charge is 0.307 e. The summed E-state index contributed by atoms with van der Waals surface area (Å²) in [6, 6.07) is 7.83. The molecule has 0 bridgehead atoms. The predicted octanol–water partition coefficient (Wildman–Crippen LogP) is 3.41. The molecule has 0 fully saturated rings. The first-order chi connectivity index (χ1) is 9.02. The summed E-state index contributed by atoms with van der Waals surface area (Å²) in [4.78, 5) is 11.5. The molecule has 0 spiro atoms. The van der Waals surface area contributed by atoms with Crippen molar-refractivity contribution in [3.63, 3.8) is 0 Å². The summed E-state index contributed by atoms with van der Waals surface area (Å²) < 4.78 is 4.99. The van der Waals surface area contributed by atoms with Gasteiger partial charge >= 0.3 is 5.97 Å². The maximum atomic E-state index is 11.5. The number of ether oxygens (including phenoxy) is 1. The fourth-order valence-electron chi connectivity index (χ4n) is 1.79.